The van der Waals surface area contributed by atoms with Crippen LogP contribution in [0.15, 0.2) is 30.9 Å². The van der Waals surface area contributed by atoms with E-state index in [-0.39, 0.29) is 35.6 Å². The highest BCUT2D eigenvalue weighted by molar-refractivity contribution is 6.02. The molecule has 1 aromatic carbocycles. The van der Waals surface area contributed by atoms with Gasteiger partial charge >= 0.3 is 0 Å². The van der Waals surface area contributed by atoms with Gasteiger partial charge in [-0.15, -0.1) is 0 Å². The molecule has 23 heavy (non-hydrogen) atoms. The first-order valence-electron chi connectivity index (χ1n) is 7.61. The van der Waals surface area contributed by atoms with Crippen LogP contribution in [0.4, 0.5) is 5.69 Å². The highest BCUT2D eigenvalue weighted by Gasteiger charge is 2.31. The molecule has 0 unspecified atom stereocenters. The smallest absolute Gasteiger partial charge is 0.251 e. The topological polar surface area (TPSA) is 87.7 Å². The van der Waals surface area contributed by atoms with Gasteiger partial charge in [0.1, 0.15) is 5.75 Å². The van der Waals surface area contributed by atoms with Crippen molar-refractivity contribution in [1.82, 2.24) is 5.32 Å². The number of carbonyl (C=O) groups excluding carboxylic acids is 2. The Bertz CT molecular complexity index is 607. The minimum Gasteiger partial charge on any atom is -0.506 e. The van der Waals surface area contributed by atoms with Gasteiger partial charge in [0.25, 0.3) is 5.91 Å². The molecule has 0 heterocycles. The van der Waals surface area contributed by atoms with Crippen LogP contribution in [0, 0.1) is 0 Å². The van der Waals surface area contributed by atoms with Crippen LogP contribution in [0.1, 0.15) is 37.0 Å². The van der Waals surface area contributed by atoms with Gasteiger partial charge in [-0.25, -0.2) is 0 Å². The summed E-state index contributed by atoms with van der Waals surface area (Å²) in [6.07, 6.45) is 3.06. The van der Waals surface area contributed by atoms with Gasteiger partial charge in [-0.2, -0.15) is 0 Å². The molecule has 0 bridgehead atoms. The van der Waals surface area contributed by atoms with Crippen LogP contribution < -0.4 is 10.6 Å². The maximum atomic E-state index is 12.2. The Kier molecular flexibility index (Phi) is 5.39. The molecule has 124 valence electrons. The SMILES string of the molecule is C=CC(=O)Nc1cc(C(=O)NC2CC(OC(C)C)C2)ccc1O. The molecule has 2 amide bonds. The summed E-state index contributed by atoms with van der Waals surface area (Å²) in [5.41, 5.74) is 0.549. The molecule has 6 nitrogen and oxygen atoms in total. The highest BCUT2D eigenvalue weighted by atomic mass is 16.5. The van der Waals surface area contributed by atoms with Crippen LogP contribution in [-0.4, -0.2) is 35.2 Å². The van der Waals surface area contributed by atoms with Crippen molar-refractivity contribution in [2.75, 3.05) is 5.32 Å². The number of hydrogen-bond acceptors (Lipinski definition) is 4. The van der Waals surface area contributed by atoms with E-state index in [9.17, 15) is 14.7 Å². The standard InChI is InChI=1S/C17H22N2O4/c1-4-16(21)19-14-7-11(5-6-15(14)20)17(22)18-12-8-13(9-12)23-10(2)3/h4-7,10,12-13,20H,1,8-9H2,2-3H3,(H,18,22)(H,19,21). The lowest BCUT2D eigenvalue weighted by Crippen LogP contribution is -2.48. The molecule has 0 atom stereocenters. The van der Waals surface area contributed by atoms with E-state index < -0.39 is 5.91 Å². The molecule has 0 radical (unpaired) electrons. The van der Waals surface area contributed by atoms with Crippen molar-refractivity contribution in [2.45, 2.75) is 44.9 Å². The Morgan fingerprint density at radius 3 is 2.70 bits per heavy atom. The van der Waals surface area contributed by atoms with Gasteiger partial charge in [0.2, 0.25) is 5.91 Å². The van der Waals surface area contributed by atoms with Crippen molar-refractivity contribution in [3.05, 3.63) is 36.4 Å². The Balaban J connectivity index is 1.94. The quantitative estimate of drug-likeness (QED) is 0.554. The molecule has 3 N–H and O–H groups in total. The first kappa shape index (κ1) is 17.0. The number of nitrogens with one attached hydrogen (secondary N) is 2. The van der Waals surface area contributed by atoms with Gasteiger partial charge < -0.3 is 20.5 Å². The second-order valence-corrected chi connectivity index (χ2v) is 5.87. The first-order valence-corrected chi connectivity index (χ1v) is 7.61. The number of phenolic OH excluding ortho intramolecular Hbond substituents is 1. The van der Waals surface area contributed by atoms with E-state index >= 15 is 0 Å². The number of aromatic hydroxyl groups is 1. The largest absolute Gasteiger partial charge is 0.506 e. The van der Waals surface area contributed by atoms with E-state index in [2.05, 4.69) is 17.2 Å². The summed E-state index contributed by atoms with van der Waals surface area (Å²) in [4.78, 5) is 23.5. The highest BCUT2D eigenvalue weighted by Crippen LogP contribution is 2.27. The molecule has 0 aromatic heterocycles. The molecule has 2 rings (SSSR count). The van der Waals surface area contributed by atoms with Crippen LogP contribution in [-0.2, 0) is 9.53 Å². The summed E-state index contributed by atoms with van der Waals surface area (Å²) in [7, 11) is 0. The lowest BCUT2D eigenvalue weighted by atomic mass is 9.89. The normalized spacial score (nSPS) is 19.8. The minimum atomic E-state index is -0.453. The lowest BCUT2D eigenvalue weighted by molar-refractivity contribution is -0.111. The Morgan fingerprint density at radius 1 is 1.39 bits per heavy atom. The number of rotatable bonds is 6. The third kappa shape index (κ3) is 4.56. The molecular formula is C17H22N2O4. The molecule has 6 heteroatoms. The van der Waals surface area contributed by atoms with Crippen molar-refractivity contribution in [1.29, 1.82) is 0 Å². The zero-order valence-corrected chi connectivity index (χ0v) is 13.3. The van der Waals surface area contributed by atoms with Gasteiger partial charge in [0.05, 0.1) is 17.9 Å². The van der Waals surface area contributed by atoms with Gasteiger partial charge in [0.15, 0.2) is 0 Å². The predicted molar refractivity (Wildman–Crippen MR) is 87.4 cm³/mol. The number of carbonyl (C=O) groups is 2. The molecule has 0 saturated heterocycles. The number of anilines is 1. The molecule has 1 aliphatic carbocycles. The number of ether oxygens (including phenoxy) is 1. The van der Waals surface area contributed by atoms with Crippen molar-refractivity contribution in [3.8, 4) is 5.75 Å². The van der Waals surface area contributed by atoms with Crippen LogP contribution in [0.2, 0.25) is 0 Å². The van der Waals surface area contributed by atoms with Gasteiger partial charge in [0, 0.05) is 11.6 Å². The third-order valence-electron chi connectivity index (χ3n) is 3.60. The molecular weight excluding hydrogens is 296 g/mol. The third-order valence-corrected chi connectivity index (χ3v) is 3.60. The zero-order chi connectivity index (χ0) is 17.0. The fourth-order valence-electron chi connectivity index (χ4n) is 2.41. The lowest BCUT2D eigenvalue weighted by Gasteiger charge is -2.36. The van der Waals surface area contributed by atoms with E-state index in [1.165, 1.54) is 18.2 Å². The van der Waals surface area contributed by atoms with Gasteiger partial charge in [-0.1, -0.05) is 6.58 Å². The fourth-order valence-corrected chi connectivity index (χ4v) is 2.41. The summed E-state index contributed by atoms with van der Waals surface area (Å²) < 4.78 is 5.65. The van der Waals surface area contributed by atoms with E-state index in [4.69, 9.17) is 4.74 Å². The Hall–Kier alpha value is -2.34. The summed E-state index contributed by atoms with van der Waals surface area (Å²) in [5, 5.41) is 15.1. The predicted octanol–water partition coefficient (Wildman–Crippen LogP) is 2.20. The maximum Gasteiger partial charge on any atom is 0.251 e. The maximum absolute atomic E-state index is 12.2. The summed E-state index contributed by atoms with van der Waals surface area (Å²) >= 11 is 0. The van der Waals surface area contributed by atoms with Crippen molar-refractivity contribution < 1.29 is 19.4 Å². The van der Waals surface area contributed by atoms with E-state index in [0.29, 0.717) is 5.56 Å². The van der Waals surface area contributed by atoms with Crippen LogP contribution in [0.3, 0.4) is 0 Å². The van der Waals surface area contributed by atoms with Crippen molar-refractivity contribution in [3.63, 3.8) is 0 Å². The molecule has 1 aliphatic rings. The Labute approximate surface area is 135 Å². The van der Waals surface area contributed by atoms with Crippen molar-refractivity contribution in [2.24, 2.45) is 0 Å². The number of hydrogen-bond donors (Lipinski definition) is 3. The number of benzene rings is 1. The summed E-state index contributed by atoms with van der Waals surface area (Å²) in [5.74, 6) is -0.802. The number of phenols is 1. The van der Waals surface area contributed by atoms with E-state index in [0.717, 1.165) is 18.9 Å². The molecule has 1 aromatic rings. The average Bonchev–Trinajstić information content (AvgIpc) is 2.46. The average molecular weight is 318 g/mol. The van der Waals surface area contributed by atoms with Crippen LogP contribution >= 0.6 is 0 Å². The molecule has 1 fully saturated rings. The van der Waals surface area contributed by atoms with E-state index in [1.807, 2.05) is 13.8 Å². The monoisotopic (exact) mass is 318 g/mol. The Morgan fingerprint density at radius 2 is 2.09 bits per heavy atom. The second-order valence-electron chi connectivity index (χ2n) is 5.87. The second kappa shape index (κ2) is 7.28. The fraction of sp³-hybridized carbons (Fsp3) is 0.412. The zero-order valence-electron chi connectivity index (χ0n) is 13.3. The minimum absolute atomic E-state index is 0.0891. The van der Waals surface area contributed by atoms with Crippen LogP contribution in [0.5, 0.6) is 5.75 Å². The van der Waals surface area contributed by atoms with Crippen LogP contribution in [0.25, 0.3) is 0 Å². The number of amides is 2. The summed E-state index contributed by atoms with van der Waals surface area (Å²) in [6, 6.07) is 4.41. The van der Waals surface area contributed by atoms with Gasteiger partial charge in [-0.05, 0) is 51.0 Å². The first-order chi connectivity index (χ1) is 10.9. The molecule has 1 saturated carbocycles. The molecule has 0 aliphatic heterocycles. The van der Waals surface area contributed by atoms with E-state index in [1.54, 1.807) is 0 Å². The van der Waals surface area contributed by atoms with Gasteiger partial charge in [-0.3, -0.25) is 9.59 Å². The molecule has 0 spiro atoms. The van der Waals surface area contributed by atoms with Crippen molar-refractivity contribution >= 4 is 17.5 Å². The summed E-state index contributed by atoms with van der Waals surface area (Å²) in [6.45, 7) is 7.32.